The van der Waals surface area contributed by atoms with Gasteiger partial charge in [0.25, 0.3) is 0 Å². The average molecular weight is 275 g/mol. The van der Waals surface area contributed by atoms with Crippen LogP contribution in [0.3, 0.4) is 0 Å². The number of nitrogens with one attached hydrogen (secondary N) is 1. The number of aliphatic hydroxyl groups excluding tert-OH is 2. The Morgan fingerprint density at radius 3 is 2.50 bits per heavy atom. The summed E-state index contributed by atoms with van der Waals surface area (Å²) in [5.41, 5.74) is 0.557. The molecule has 0 radical (unpaired) electrons. The van der Waals surface area contributed by atoms with Crippen molar-refractivity contribution in [1.29, 1.82) is 0 Å². The summed E-state index contributed by atoms with van der Waals surface area (Å²) in [6.45, 7) is 1.34. The molecule has 0 saturated carbocycles. The van der Waals surface area contributed by atoms with Gasteiger partial charge in [-0.05, 0) is 34.5 Å². The Labute approximate surface area is 116 Å². The van der Waals surface area contributed by atoms with E-state index in [1.165, 1.54) is 6.92 Å². The zero-order valence-corrected chi connectivity index (χ0v) is 11.1. The molecule has 0 aliphatic carbocycles. The van der Waals surface area contributed by atoms with Crippen LogP contribution in [0.2, 0.25) is 0 Å². The lowest BCUT2D eigenvalue weighted by Crippen LogP contribution is -2.34. The quantitative estimate of drug-likeness (QED) is 0.672. The first-order chi connectivity index (χ1) is 9.47. The summed E-state index contributed by atoms with van der Waals surface area (Å²) in [6, 6.07) is 10.1. The van der Waals surface area contributed by atoms with Gasteiger partial charge in [0.1, 0.15) is 18.0 Å². The standard InChI is InChI=1S/C15H17NO4/c1-9(17)16-8-14(19)15(20)12-3-2-11-7-13(18)5-4-10(11)6-12/h2-7,14-15,18-20H,8H2,1H3,(H,16,17). The van der Waals surface area contributed by atoms with Gasteiger partial charge in [-0.3, -0.25) is 4.79 Å². The second-order valence-corrected chi connectivity index (χ2v) is 4.74. The van der Waals surface area contributed by atoms with E-state index in [0.717, 1.165) is 10.8 Å². The predicted molar refractivity (Wildman–Crippen MR) is 75.3 cm³/mol. The maximum atomic E-state index is 10.8. The van der Waals surface area contributed by atoms with Gasteiger partial charge < -0.3 is 20.6 Å². The summed E-state index contributed by atoms with van der Waals surface area (Å²) in [5, 5.41) is 33.4. The molecule has 5 nitrogen and oxygen atoms in total. The van der Waals surface area contributed by atoms with E-state index in [4.69, 9.17) is 0 Å². The fraction of sp³-hybridized carbons (Fsp3) is 0.267. The van der Waals surface area contributed by atoms with Gasteiger partial charge in [0.2, 0.25) is 5.91 Å². The number of benzene rings is 2. The van der Waals surface area contributed by atoms with E-state index in [1.807, 2.05) is 0 Å². The van der Waals surface area contributed by atoms with E-state index in [2.05, 4.69) is 5.32 Å². The van der Waals surface area contributed by atoms with Crippen LogP contribution in [0, 0.1) is 0 Å². The second kappa shape index (κ2) is 5.90. The molecule has 2 aromatic carbocycles. The molecule has 2 atom stereocenters. The van der Waals surface area contributed by atoms with Gasteiger partial charge in [-0.25, -0.2) is 0 Å². The van der Waals surface area contributed by atoms with Gasteiger partial charge in [-0.15, -0.1) is 0 Å². The molecule has 0 aliphatic rings. The van der Waals surface area contributed by atoms with Crippen LogP contribution in [-0.2, 0) is 4.79 Å². The molecule has 4 N–H and O–H groups in total. The molecule has 0 spiro atoms. The van der Waals surface area contributed by atoms with Gasteiger partial charge in [-0.1, -0.05) is 18.2 Å². The molecule has 0 aliphatic heterocycles. The number of phenolic OH excluding ortho intramolecular Hbond substituents is 1. The third-order valence-electron chi connectivity index (χ3n) is 3.11. The zero-order valence-electron chi connectivity index (χ0n) is 11.1. The number of hydrogen-bond acceptors (Lipinski definition) is 4. The lowest BCUT2D eigenvalue weighted by molar-refractivity contribution is -0.119. The molecule has 0 bridgehead atoms. The van der Waals surface area contributed by atoms with Crippen LogP contribution in [0.1, 0.15) is 18.6 Å². The van der Waals surface area contributed by atoms with Crippen molar-refractivity contribution < 1.29 is 20.1 Å². The SMILES string of the molecule is CC(=O)NCC(O)C(O)c1ccc2cc(O)ccc2c1. The molecule has 2 unspecified atom stereocenters. The van der Waals surface area contributed by atoms with E-state index in [9.17, 15) is 20.1 Å². The van der Waals surface area contributed by atoms with Crippen molar-refractivity contribution in [2.75, 3.05) is 6.54 Å². The van der Waals surface area contributed by atoms with E-state index in [1.54, 1.807) is 36.4 Å². The minimum absolute atomic E-state index is 0.00981. The predicted octanol–water partition coefficient (Wildman–Crippen LogP) is 1.08. The minimum atomic E-state index is -1.08. The van der Waals surface area contributed by atoms with Gasteiger partial charge in [0, 0.05) is 13.5 Å². The van der Waals surface area contributed by atoms with E-state index in [-0.39, 0.29) is 18.2 Å². The number of rotatable bonds is 4. The van der Waals surface area contributed by atoms with Crippen LogP contribution in [-0.4, -0.2) is 33.9 Å². The Kier molecular flexibility index (Phi) is 4.22. The molecule has 5 heteroatoms. The first kappa shape index (κ1) is 14.3. The molecule has 0 saturated heterocycles. The Balaban J connectivity index is 2.19. The zero-order chi connectivity index (χ0) is 14.7. The van der Waals surface area contributed by atoms with Crippen molar-refractivity contribution in [2.24, 2.45) is 0 Å². The van der Waals surface area contributed by atoms with Crippen LogP contribution in [0.15, 0.2) is 36.4 Å². The Bertz CT molecular complexity index is 626. The molecular weight excluding hydrogens is 258 g/mol. The van der Waals surface area contributed by atoms with Crippen molar-refractivity contribution >= 4 is 16.7 Å². The molecule has 0 heterocycles. The fourth-order valence-electron chi connectivity index (χ4n) is 2.02. The second-order valence-electron chi connectivity index (χ2n) is 4.74. The first-order valence-electron chi connectivity index (χ1n) is 6.30. The van der Waals surface area contributed by atoms with Crippen molar-refractivity contribution in [3.05, 3.63) is 42.0 Å². The maximum absolute atomic E-state index is 10.8. The van der Waals surface area contributed by atoms with Gasteiger partial charge in [0.15, 0.2) is 0 Å². The van der Waals surface area contributed by atoms with Crippen LogP contribution in [0.25, 0.3) is 10.8 Å². The van der Waals surface area contributed by atoms with Crippen LogP contribution >= 0.6 is 0 Å². The van der Waals surface area contributed by atoms with Crippen molar-refractivity contribution in [3.8, 4) is 5.75 Å². The van der Waals surface area contributed by atoms with Crippen molar-refractivity contribution in [3.63, 3.8) is 0 Å². The summed E-state index contributed by atoms with van der Waals surface area (Å²) in [7, 11) is 0. The normalized spacial score (nSPS) is 13.9. The highest BCUT2D eigenvalue weighted by molar-refractivity contribution is 5.84. The van der Waals surface area contributed by atoms with E-state index < -0.39 is 12.2 Å². The smallest absolute Gasteiger partial charge is 0.216 e. The van der Waals surface area contributed by atoms with Crippen molar-refractivity contribution in [2.45, 2.75) is 19.1 Å². The third kappa shape index (κ3) is 3.26. The maximum Gasteiger partial charge on any atom is 0.216 e. The van der Waals surface area contributed by atoms with Crippen molar-refractivity contribution in [1.82, 2.24) is 5.32 Å². The molecule has 0 aromatic heterocycles. The van der Waals surface area contributed by atoms with Crippen LogP contribution in [0.4, 0.5) is 0 Å². The van der Waals surface area contributed by atoms with E-state index in [0.29, 0.717) is 5.56 Å². The highest BCUT2D eigenvalue weighted by Crippen LogP contribution is 2.25. The number of aromatic hydroxyl groups is 1. The number of phenols is 1. The molecule has 106 valence electrons. The Morgan fingerprint density at radius 1 is 1.15 bits per heavy atom. The summed E-state index contributed by atoms with van der Waals surface area (Å²) >= 11 is 0. The van der Waals surface area contributed by atoms with Crippen LogP contribution in [0.5, 0.6) is 5.75 Å². The molecule has 1 amide bonds. The summed E-state index contributed by atoms with van der Waals surface area (Å²) < 4.78 is 0. The lowest BCUT2D eigenvalue weighted by Gasteiger charge is -2.18. The molecule has 20 heavy (non-hydrogen) atoms. The first-order valence-corrected chi connectivity index (χ1v) is 6.30. The number of carbonyl (C=O) groups excluding carboxylic acids is 1. The molecule has 0 fully saturated rings. The topological polar surface area (TPSA) is 89.8 Å². The molecule has 2 aromatic rings. The third-order valence-corrected chi connectivity index (χ3v) is 3.11. The highest BCUT2D eigenvalue weighted by Gasteiger charge is 2.18. The largest absolute Gasteiger partial charge is 0.508 e. The monoisotopic (exact) mass is 275 g/mol. The van der Waals surface area contributed by atoms with Gasteiger partial charge in [0.05, 0.1) is 0 Å². The fourth-order valence-corrected chi connectivity index (χ4v) is 2.02. The number of carbonyl (C=O) groups is 1. The van der Waals surface area contributed by atoms with E-state index >= 15 is 0 Å². The van der Waals surface area contributed by atoms with Crippen LogP contribution < -0.4 is 5.32 Å². The molecule has 2 rings (SSSR count). The Hall–Kier alpha value is -2.11. The minimum Gasteiger partial charge on any atom is -0.508 e. The highest BCUT2D eigenvalue weighted by atomic mass is 16.3. The summed E-state index contributed by atoms with van der Waals surface area (Å²) in [4.78, 5) is 10.8. The number of amides is 1. The number of fused-ring (bicyclic) bond motifs is 1. The summed E-state index contributed by atoms with van der Waals surface area (Å²) in [5.74, 6) is -0.0817. The lowest BCUT2D eigenvalue weighted by atomic mass is 10.00. The average Bonchev–Trinajstić information content (AvgIpc) is 2.43. The number of hydrogen-bond donors (Lipinski definition) is 4. The number of aliphatic hydroxyl groups is 2. The molecular formula is C15H17NO4. The van der Waals surface area contributed by atoms with Gasteiger partial charge >= 0.3 is 0 Å². The Morgan fingerprint density at radius 2 is 1.80 bits per heavy atom. The van der Waals surface area contributed by atoms with Gasteiger partial charge in [-0.2, -0.15) is 0 Å². The summed E-state index contributed by atoms with van der Waals surface area (Å²) in [6.07, 6.45) is -2.16.